The van der Waals surface area contributed by atoms with Crippen LogP contribution in [0.1, 0.15) is 51.9 Å². The van der Waals surface area contributed by atoms with E-state index in [9.17, 15) is 4.79 Å². The molecule has 2 unspecified atom stereocenters. The Morgan fingerprint density at radius 3 is 2.62 bits per heavy atom. The van der Waals surface area contributed by atoms with Gasteiger partial charge in [-0.05, 0) is 31.6 Å². The molecule has 2 rings (SSSR count). The van der Waals surface area contributed by atoms with Crippen molar-refractivity contribution in [1.29, 1.82) is 0 Å². The van der Waals surface area contributed by atoms with Gasteiger partial charge in [0.1, 0.15) is 0 Å². The van der Waals surface area contributed by atoms with Gasteiger partial charge in [-0.1, -0.05) is 26.2 Å². The molecule has 16 heavy (non-hydrogen) atoms. The Kier molecular flexibility index (Phi) is 3.78. The number of rotatable bonds is 3. The second-order valence-electron chi connectivity index (χ2n) is 5.69. The summed E-state index contributed by atoms with van der Waals surface area (Å²) in [5.41, 5.74) is -0.0978. The van der Waals surface area contributed by atoms with E-state index in [1.54, 1.807) is 0 Å². The quantitative estimate of drug-likeness (QED) is 0.759. The predicted molar refractivity (Wildman–Crippen MR) is 66.6 cm³/mol. The van der Waals surface area contributed by atoms with Gasteiger partial charge < -0.3 is 5.32 Å². The highest BCUT2D eigenvalue weighted by Crippen LogP contribution is 2.38. The van der Waals surface area contributed by atoms with Crippen molar-refractivity contribution in [2.24, 2.45) is 11.3 Å². The van der Waals surface area contributed by atoms with Gasteiger partial charge in [0.25, 0.3) is 0 Å². The van der Waals surface area contributed by atoms with Crippen LogP contribution >= 0.6 is 11.6 Å². The summed E-state index contributed by atoms with van der Waals surface area (Å²) in [6.07, 6.45) is 8.00. The Labute approximate surface area is 103 Å². The maximum Gasteiger partial charge on any atom is 0.226 e. The van der Waals surface area contributed by atoms with Crippen LogP contribution in [0.4, 0.5) is 0 Å². The lowest BCUT2D eigenvalue weighted by molar-refractivity contribution is -0.130. The molecule has 2 atom stereocenters. The van der Waals surface area contributed by atoms with Crippen molar-refractivity contribution in [2.45, 2.75) is 57.9 Å². The summed E-state index contributed by atoms with van der Waals surface area (Å²) in [5.74, 6) is 1.45. The molecule has 0 aliphatic heterocycles. The van der Waals surface area contributed by atoms with E-state index in [4.69, 9.17) is 11.6 Å². The van der Waals surface area contributed by atoms with Crippen LogP contribution in [0.5, 0.6) is 0 Å². The maximum absolute atomic E-state index is 12.2. The Morgan fingerprint density at radius 1 is 1.31 bits per heavy atom. The summed E-state index contributed by atoms with van der Waals surface area (Å²) in [4.78, 5) is 12.2. The Morgan fingerprint density at radius 2 is 2.00 bits per heavy atom. The molecule has 92 valence electrons. The highest BCUT2D eigenvalue weighted by Gasteiger charge is 2.38. The number of carbonyl (C=O) groups excluding carboxylic acids is 1. The van der Waals surface area contributed by atoms with Crippen molar-refractivity contribution in [3.63, 3.8) is 0 Å². The van der Waals surface area contributed by atoms with Gasteiger partial charge in [-0.25, -0.2) is 0 Å². The minimum atomic E-state index is -0.0978. The lowest BCUT2D eigenvalue weighted by Gasteiger charge is -2.27. The second-order valence-corrected chi connectivity index (χ2v) is 6.00. The second kappa shape index (κ2) is 4.95. The zero-order chi connectivity index (χ0) is 11.6. The average molecular weight is 244 g/mol. The van der Waals surface area contributed by atoms with Crippen LogP contribution in [0.25, 0.3) is 0 Å². The van der Waals surface area contributed by atoms with Crippen LogP contribution in [-0.2, 0) is 4.79 Å². The zero-order valence-electron chi connectivity index (χ0n) is 10.1. The lowest BCUT2D eigenvalue weighted by Crippen LogP contribution is -2.44. The summed E-state index contributed by atoms with van der Waals surface area (Å²) >= 11 is 5.93. The third-order valence-corrected chi connectivity index (χ3v) is 4.83. The zero-order valence-corrected chi connectivity index (χ0v) is 10.9. The minimum Gasteiger partial charge on any atom is -0.353 e. The van der Waals surface area contributed by atoms with Crippen molar-refractivity contribution < 1.29 is 4.79 Å². The number of nitrogens with one attached hydrogen (secondary N) is 1. The predicted octanol–water partition coefficient (Wildman–Crippen LogP) is 3.09. The average Bonchev–Trinajstić information content (AvgIpc) is 2.87. The van der Waals surface area contributed by atoms with E-state index in [0.717, 1.165) is 19.3 Å². The summed E-state index contributed by atoms with van der Waals surface area (Å²) in [5, 5.41) is 3.24. The molecule has 0 aromatic heterocycles. The molecule has 2 nitrogen and oxygen atoms in total. The fraction of sp³-hybridized carbons (Fsp3) is 0.923. The van der Waals surface area contributed by atoms with E-state index in [1.807, 2.05) is 0 Å². The Hall–Kier alpha value is -0.240. The highest BCUT2D eigenvalue weighted by atomic mass is 35.5. The summed E-state index contributed by atoms with van der Waals surface area (Å²) in [6.45, 7) is 2.11. The van der Waals surface area contributed by atoms with Crippen LogP contribution in [-0.4, -0.2) is 17.8 Å². The first-order chi connectivity index (χ1) is 7.65. The van der Waals surface area contributed by atoms with Gasteiger partial charge in [0.2, 0.25) is 5.91 Å². The summed E-state index contributed by atoms with van der Waals surface area (Å²) < 4.78 is 0. The van der Waals surface area contributed by atoms with Gasteiger partial charge in [-0.3, -0.25) is 4.79 Å². The highest BCUT2D eigenvalue weighted by molar-refractivity contribution is 6.18. The number of amides is 1. The molecule has 2 aliphatic carbocycles. The lowest BCUT2D eigenvalue weighted by atomic mass is 9.87. The molecule has 0 heterocycles. The van der Waals surface area contributed by atoms with Gasteiger partial charge in [0, 0.05) is 17.3 Å². The molecule has 0 spiro atoms. The first-order valence-electron chi connectivity index (χ1n) is 6.53. The monoisotopic (exact) mass is 243 g/mol. The largest absolute Gasteiger partial charge is 0.353 e. The van der Waals surface area contributed by atoms with Gasteiger partial charge in [-0.2, -0.15) is 0 Å². The smallest absolute Gasteiger partial charge is 0.226 e. The molecule has 2 fully saturated rings. The Balaban J connectivity index is 1.91. The maximum atomic E-state index is 12.2. The third-order valence-electron chi connectivity index (χ3n) is 4.43. The molecule has 2 saturated carbocycles. The molecule has 3 heteroatoms. The Bertz CT molecular complexity index is 261. The number of halogens is 1. The van der Waals surface area contributed by atoms with Gasteiger partial charge in [0.05, 0.1) is 0 Å². The van der Waals surface area contributed by atoms with Crippen LogP contribution in [0, 0.1) is 11.3 Å². The van der Waals surface area contributed by atoms with Crippen molar-refractivity contribution in [2.75, 3.05) is 5.88 Å². The van der Waals surface area contributed by atoms with Crippen molar-refractivity contribution in [3.05, 3.63) is 0 Å². The fourth-order valence-electron chi connectivity index (χ4n) is 3.14. The van der Waals surface area contributed by atoms with Crippen LogP contribution in [0.2, 0.25) is 0 Å². The first-order valence-corrected chi connectivity index (χ1v) is 7.06. The number of alkyl halides is 1. The molecule has 1 amide bonds. The molecule has 0 aromatic carbocycles. The van der Waals surface area contributed by atoms with Crippen LogP contribution in [0.15, 0.2) is 0 Å². The van der Waals surface area contributed by atoms with Crippen molar-refractivity contribution in [1.82, 2.24) is 5.32 Å². The number of hydrogen-bond acceptors (Lipinski definition) is 1. The standard InChI is InChI=1S/C13H22ClNO/c1-13(7-2-3-8-13)12(16)15-11-6-4-5-10(11)9-14/h10-11H,2-9H2,1H3,(H,15,16). The van der Waals surface area contributed by atoms with E-state index in [1.165, 1.54) is 25.7 Å². The molecule has 1 N–H and O–H groups in total. The molecular formula is C13H22ClNO. The molecule has 0 saturated heterocycles. The number of carbonyl (C=O) groups is 1. The van der Waals surface area contributed by atoms with E-state index in [0.29, 0.717) is 17.8 Å². The van der Waals surface area contributed by atoms with Gasteiger partial charge in [0.15, 0.2) is 0 Å². The molecule has 2 aliphatic rings. The van der Waals surface area contributed by atoms with E-state index in [2.05, 4.69) is 12.2 Å². The summed E-state index contributed by atoms with van der Waals surface area (Å²) in [6, 6.07) is 0.336. The molecule has 0 bridgehead atoms. The molecular weight excluding hydrogens is 222 g/mol. The number of hydrogen-bond donors (Lipinski definition) is 1. The normalized spacial score (nSPS) is 32.9. The minimum absolute atomic E-state index is 0.0978. The first kappa shape index (κ1) is 12.2. The van der Waals surface area contributed by atoms with Crippen molar-refractivity contribution >= 4 is 17.5 Å². The topological polar surface area (TPSA) is 29.1 Å². The van der Waals surface area contributed by atoms with Crippen molar-refractivity contribution in [3.8, 4) is 0 Å². The van der Waals surface area contributed by atoms with E-state index >= 15 is 0 Å². The third kappa shape index (κ3) is 2.37. The summed E-state index contributed by atoms with van der Waals surface area (Å²) in [7, 11) is 0. The van der Waals surface area contributed by atoms with E-state index in [-0.39, 0.29) is 11.3 Å². The molecule has 0 radical (unpaired) electrons. The van der Waals surface area contributed by atoms with E-state index < -0.39 is 0 Å². The van der Waals surface area contributed by atoms with Gasteiger partial charge in [-0.15, -0.1) is 11.6 Å². The fourth-order valence-corrected chi connectivity index (χ4v) is 3.51. The van der Waals surface area contributed by atoms with Crippen LogP contribution < -0.4 is 5.32 Å². The van der Waals surface area contributed by atoms with Gasteiger partial charge >= 0.3 is 0 Å². The molecule has 0 aromatic rings. The van der Waals surface area contributed by atoms with Crippen LogP contribution in [0.3, 0.4) is 0 Å². The SMILES string of the molecule is CC1(C(=O)NC2CCCC2CCl)CCCC1.